The molecule has 0 bridgehead atoms. The van der Waals surface area contributed by atoms with Crippen molar-refractivity contribution in [2.24, 2.45) is 11.1 Å². The van der Waals surface area contributed by atoms with Gasteiger partial charge in [-0.25, -0.2) is 0 Å². The van der Waals surface area contributed by atoms with E-state index < -0.39 is 0 Å². The monoisotopic (exact) mass is 230 g/mol. The van der Waals surface area contributed by atoms with Crippen molar-refractivity contribution in [2.45, 2.75) is 25.8 Å². The number of hydrogen-bond donors (Lipinski definition) is 1. The van der Waals surface area contributed by atoms with Gasteiger partial charge in [-0.1, -0.05) is 18.6 Å². The molecule has 1 saturated heterocycles. The molecule has 3 rings (SSSR count). The number of hydrogen-bond acceptors (Lipinski definition) is 2. The number of primary amides is 1. The number of nitrogens with zero attached hydrogens (tertiary/aromatic N) is 1. The molecular weight excluding hydrogens is 212 g/mol. The van der Waals surface area contributed by atoms with Crippen LogP contribution in [-0.4, -0.2) is 23.9 Å². The summed E-state index contributed by atoms with van der Waals surface area (Å²) in [5.74, 6) is -0.353. The van der Waals surface area contributed by atoms with E-state index in [0.29, 0.717) is 11.0 Å². The van der Waals surface area contributed by atoms with Gasteiger partial charge in [0.15, 0.2) is 0 Å². The van der Waals surface area contributed by atoms with Crippen LogP contribution in [0.4, 0.5) is 0 Å². The highest BCUT2D eigenvalue weighted by Gasteiger charge is 2.46. The molecule has 1 aromatic rings. The van der Waals surface area contributed by atoms with Gasteiger partial charge in [-0.3, -0.25) is 9.69 Å². The fraction of sp³-hybridized carbons (Fsp3) is 0.500. The zero-order valence-corrected chi connectivity index (χ0v) is 9.98. The summed E-state index contributed by atoms with van der Waals surface area (Å²) in [6.07, 6.45) is 4.26. The molecular formula is C14H18N2O. The van der Waals surface area contributed by atoms with E-state index in [1.165, 1.54) is 37.9 Å². The van der Waals surface area contributed by atoms with E-state index in [2.05, 4.69) is 4.90 Å². The second-order valence-electron chi connectivity index (χ2n) is 5.56. The lowest BCUT2D eigenvalue weighted by molar-refractivity contribution is -0.0645. The lowest BCUT2D eigenvalue weighted by Crippen LogP contribution is -2.58. The highest BCUT2D eigenvalue weighted by Crippen LogP contribution is 2.48. The summed E-state index contributed by atoms with van der Waals surface area (Å²) in [5, 5.41) is 0. The van der Waals surface area contributed by atoms with Crippen LogP contribution in [0.5, 0.6) is 0 Å². The van der Waals surface area contributed by atoms with Crippen molar-refractivity contribution in [1.82, 2.24) is 4.90 Å². The Labute approximate surface area is 102 Å². The Morgan fingerprint density at radius 1 is 1.24 bits per heavy atom. The number of rotatable bonds is 3. The van der Waals surface area contributed by atoms with Crippen LogP contribution in [0.15, 0.2) is 24.3 Å². The summed E-state index contributed by atoms with van der Waals surface area (Å²) >= 11 is 0. The quantitative estimate of drug-likeness (QED) is 0.860. The lowest BCUT2D eigenvalue weighted by atomic mass is 9.63. The molecule has 2 fully saturated rings. The molecule has 3 heteroatoms. The smallest absolute Gasteiger partial charge is 0.248 e. The minimum Gasteiger partial charge on any atom is -0.366 e. The number of nitrogens with two attached hydrogens (primary N) is 1. The van der Waals surface area contributed by atoms with Gasteiger partial charge in [-0.15, -0.1) is 0 Å². The highest BCUT2D eigenvalue weighted by atomic mass is 16.1. The largest absolute Gasteiger partial charge is 0.366 e. The summed E-state index contributed by atoms with van der Waals surface area (Å²) in [4.78, 5) is 13.4. The Bertz CT molecular complexity index is 426. The van der Waals surface area contributed by atoms with Gasteiger partial charge < -0.3 is 5.73 Å². The van der Waals surface area contributed by atoms with Crippen molar-refractivity contribution >= 4 is 5.91 Å². The maximum atomic E-state index is 10.9. The molecule has 0 unspecified atom stereocenters. The third-order valence-corrected chi connectivity index (χ3v) is 4.18. The lowest BCUT2D eigenvalue weighted by Gasteiger charge is -2.56. The Balaban J connectivity index is 1.57. The Kier molecular flexibility index (Phi) is 2.44. The number of amides is 1. The highest BCUT2D eigenvalue weighted by molar-refractivity contribution is 5.92. The van der Waals surface area contributed by atoms with Crippen LogP contribution in [0.3, 0.4) is 0 Å². The number of benzene rings is 1. The maximum absolute atomic E-state index is 10.9. The molecule has 1 aliphatic carbocycles. The normalized spacial score (nSPS) is 21.9. The van der Waals surface area contributed by atoms with Crippen LogP contribution in [-0.2, 0) is 6.54 Å². The summed E-state index contributed by atoms with van der Waals surface area (Å²) in [6.45, 7) is 3.51. The maximum Gasteiger partial charge on any atom is 0.248 e. The van der Waals surface area contributed by atoms with E-state index >= 15 is 0 Å². The second kappa shape index (κ2) is 3.84. The van der Waals surface area contributed by atoms with Gasteiger partial charge in [0.25, 0.3) is 0 Å². The molecule has 1 spiro atoms. The molecule has 0 atom stereocenters. The first-order valence-corrected chi connectivity index (χ1v) is 6.28. The molecule has 2 N–H and O–H groups in total. The van der Waals surface area contributed by atoms with Crippen molar-refractivity contribution in [3.8, 4) is 0 Å². The van der Waals surface area contributed by atoms with Crippen LogP contribution in [0.2, 0.25) is 0 Å². The molecule has 1 saturated carbocycles. The number of carbonyl (C=O) groups excluding carboxylic acids is 1. The van der Waals surface area contributed by atoms with Gasteiger partial charge in [0.1, 0.15) is 0 Å². The van der Waals surface area contributed by atoms with Gasteiger partial charge in [0, 0.05) is 25.2 Å². The van der Waals surface area contributed by atoms with Gasteiger partial charge >= 0.3 is 0 Å². The average molecular weight is 230 g/mol. The van der Waals surface area contributed by atoms with Crippen molar-refractivity contribution in [1.29, 1.82) is 0 Å². The standard InChI is InChI=1S/C14H18N2O/c15-13(17)12-4-2-11(3-5-12)8-16-9-14(10-16)6-1-7-14/h2-5H,1,6-10H2,(H2,15,17). The SMILES string of the molecule is NC(=O)c1ccc(CN2CC3(CCC3)C2)cc1. The van der Waals surface area contributed by atoms with Crippen LogP contribution < -0.4 is 5.73 Å². The van der Waals surface area contributed by atoms with Crippen LogP contribution in [0, 0.1) is 5.41 Å². The Morgan fingerprint density at radius 3 is 2.35 bits per heavy atom. The minimum atomic E-state index is -0.353. The molecule has 17 heavy (non-hydrogen) atoms. The summed E-state index contributed by atoms with van der Waals surface area (Å²) in [6, 6.07) is 7.64. The first kappa shape index (κ1) is 10.8. The predicted molar refractivity (Wildman–Crippen MR) is 66.5 cm³/mol. The third kappa shape index (κ3) is 1.95. The second-order valence-corrected chi connectivity index (χ2v) is 5.56. The third-order valence-electron chi connectivity index (χ3n) is 4.18. The topological polar surface area (TPSA) is 46.3 Å². The average Bonchev–Trinajstić information content (AvgIpc) is 2.20. The summed E-state index contributed by atoms with van der Waals surface area (Å²) in [5.41, 5.74) is 7.76. The molecule has 0 aromatic heterocycles. The molecule has 3 nitrogen and oxygen atoms in total. The van der Waals surface area contributed by atoms with Crippen molar-refractivity contribution in [3.05, 3.63) is 35.4 Å². The molecule has 1 heterocycles. The fourth-order valence-corrected chi connectivity index (χ4v) is 3.04. The van der Waals surface area contributed by atoms with E-state index in [4.69, 9.17) is 5.73 Å². The van der Waals surface area contributed by atoms with Gasteiger partial charge in [0.2, 0.25) is 5.91 Å². The first-order chi connectivity index (χ1) is 8.17. The molecule has 2 aliphatic rings. The van der Waals surface area contributed by atoms with Crippen molar-refractivity contribution in [3.63, 3.8) is 0 Å². The first-order valence-electron chi connectivity index (χ1n) is 6.28. The molecule has 1 amide bonds. The van der Waals surface area contributed by atoms with Crippen LogP contribution >= 0.6 is 0 Å². The van der Waals surface area contributed by atoms with E-state index in [0.717, 1.165) is 6.54 Å². The van der Waals surface area contributed by atoms with E-state index in [1.807, 2.05) is 24.3 Å². The number of likely N-dealkylation sites (tertiary alicyclic amines) is 1. The number of carbonyl (C=O) groups is 1. The zero-order chi connectivity index (χ0) is 11.9. The van der Waals surface area contributed by atoms with Crippen molar-refractivity contribution in [2.75, 3.05) is 13.1 Å². The van der Waals surface area contributed by atoms with Gasteiger partial charge in [0.05, 0.1) is 0 Å². The summed E-state index contributed by atoms with van der Waals surface area (Å²) < 4.78 is 0. The Hall–Kier alpha value is -1.35. The fourth-order valence-electron chi connectivity index (χ4n) is 3.04. The minimum absolute atomic E-state index is 0.353. The van der Waals surface area contributed by atoms with Crippen LogP contribution in [0.25, 0.3) is 0 Å². The molecule has 90 valence electrons. The molecule has 0 radical (unpaired) electrons. The van der Waals surface area contributed by atoms with E-state index in [-0.39, 0.29) is 5.91 Å². The zero-order valence-electron chi connectivity index (χ0n) is 9.98. The van der Waals surface area contributed by atoms with E-state index in [1.54, 1.807) is 0 Å². The molecule has 1 aliphatic heterocycles. The Morgan fingerprint density at radius 2 is 1.88 bits per heavy atom. The van der Waals surface area contributed by atoms with Crippen molar-refractivity contribution < 1.29 is 4.79 Å². The van der Waals surface area contributed by atoms with Gasteiger partial charge in [-0.05, 0) is 36.0 Å². The summed E-state index contributed by atoms with van der Waals surface area (Å²) in [7, 11) is 0. The molecule has 1 aromatic carbocycles. The van der Waals surface area contributed by atoms with Crippen LogP contribution in [0.1, 0.15) is 35.2 Å². The van der Waals surface area contributed by atoms with E-state index in [9.17, 15) is 4.79 Å². The predicted octanol–water partition coefficient (Wildman–Crippen LogP) is 1.77. The van der Waals surface area contributed by atoms with Gasteiger partial charge in [-0.2, -0.15) is 0 Å².